The van der Waals surface area contributed by atoms with Gasteiger partial charge in [-0.3, -0.25) is 10.1 Å². The minimum absolute atomic E-state index is 0.200. The quantitative estimate of drug-likeness (QED) is 0.177. The molecular formula is C18H25N2O6+. The van der Waals surface area contributed by atoms with Gasteiger partial charge >= 0.3 is 23.6 Å². The van der Waals surface area contributed by atoms with Crippen LogP contribution in [0.25, 0.3) is 0 Å². The van der Waals surface area contributed by atoms with Crippen LogP contribution < -0.4 is 9.30 Å². The molecule has 0 aromatic carbocycles. The molecule has 1 aromatic heterocycles. The molecule has 0 saturated heterocycles. The van der Waals surface area contributed by atoms with Crippen molar-refractivity contribution in [3.63, 3.8) is 0 Å². The first-order chi connectivity index (χ1) is 12.3. The van der Waals surface area contributed by atoms with Crippen molar-refractivity contribution in [1.29, 1.82) is 0 Å². The fourth-order valence-electron chi connectivity index (χ4n) is 2.59. The van der Waals surface area contributed by atoms with Crippen LogP contribution in [-0.2, 0) is 4.79 Å². The fourth-order valence-corrected chi connectivity index (χ4v) is 2.59. The zero-order chi connectivity index (χ0) is 19.7. The summed E-state index contributed by atoms with van der Waals surface area (Å²) < 4.78 is 5.79. The van der Waals surface area contributed by atoms with Crippen LogP contribution in [0.5, 0.6) is 5.88 Å². The smallest absolute Gasteiger partial charge is 0.427 e. The van der Waals surface area contributed by atoms with Crippen LogP contribution in [0.2, 0.25) is 0 Å². The third kappa shape index (κ3) is 5.94. The van der Waals surface area contributed by atoms with Crippen molar-refractivity contribution < 1.29 is 28.9 Å². The maximum atomic E-state index is 11.8. The van der Waals surface area contributed by atoms with Gasteiger partial charge in [-0.2, -0.15) is 4.79 Å². The second-order valence-electron chi connectivity index (χ2n) is 6.04. The van der Waals surface area contributed by atoms with Crippen molar-refractivity contribution in [3.05, 3.63) is 40.1 Å². The summed E-state index contributed by atoms with van der Waals surface area (Å²) in [4.78, 5) is 33.9. The lowest BCUT2D eigenvalue weighted by Crippen LogP contribution is -2.44. The van der Waals surface area contributed by atoms with Gasteiger partial charge in [-0.1, -0.05) is 45.6 Å². The number of nitro groups is 1. The number of hydrogen-bond donors (Lipinski definition) is 1. The highest BCUT2D eigenvalue weighted by atomic mass is 16.6. The standard InChI is InChI=1S/C18H24N2O6/c1-4-6-7-8-10-13(3)15-11-14(20(24)25)12-19(18(22)23)17(15)26-16(21)9-5-2/h5,9,11-13H,4,6-8,10H2,1-3H3/p+1/b9-5+. The molecule has 0 spiro atoms. The molecule has 0 aliphatic rings. The van der Waals surface area contributed by atoms with Crippen LogP contribution in [0.15, 0.2) is 24.4 Å². The molecular weight excluding hydrogens is 340 g/mol. The molecule has 0 aliphatic carbocycles. The first-order valence-corrected chi connectivity index (χ1v) is 8.63. The van der Waals surface area contributed by atoms with E-state index in [4.69, 9.17) is 4.74 Å². The van der Waals surface area contributed by atoms with E-state index in [9.17, 15) is 24.8 Å². The van der Waals surface area contributed by atoms with E-state index in [1.807, 2.05) is 6.92 Å². The third-order valence-corrected chi connectivity index (χ3v) is 3.97. The number of esters is 1. The molecule has 8 nitrogen and oxygen atoms in total. The summed E-state index contributed by atoms with van der Waals surface area (Å²) in [6.07, 6.45) is 6.78. The van der Waals surface area contributed by atoms with Gasteiger partial charge in [-0.25, -0.2) is 4.79 Å². The molecule has 0 radical (unpaired) electrons. The van der Waals surface area contributed by atoms with Crippen LogP contribution >= 0.6 is 0 Å². The van der Waals surface area contributed by atoms with Gasteiger partial charge in [0.1, 0.15) is 0 Å². The van der Waals surface area contributed by atoms with Crippen LogP contribution in [0, 0.1) is 10.1 Å². The second-order valence-corrected chi connectivity index (χ2v) is 6.04. The number of hydrogen-bond acceptors (Lipinski definition) is 5. The van der Waals surface area contributed by atoms with E-state index in [0.29, 0.717) is 16.6 Å². The van der Waals surface area contributed by atoms with Crippen molar-refractivity contribution >= 4 is 17.7 Å². The van der Waals surface area contributed by atoms with Crippen LogP contribution in [0.3, 0.4) is 0 Å². The van der Waals surface area contributed by atoms with Gasteiger partial charge in [-0.05, 0) is 23.8 Å². The average molecular weight is 365 g/mol. The highest BCUT2D eigenvalue weighted by molar-refractivity contribution is 5.83. The molecule has 1 atom stereocenters. The number of pyridine rings is 1. The number of nitrogens with zero attached hydrogens (tertiary/aromatic N) is 2. The van der Waals surface area contributed by atoms with Gasteiger partial charge in [-0.15, -0.1) is 0 Å². The Bertz CT molecular complexity index is 699. The van der Waals surface area contributed by atoms with E-state index in [-0.39, 0.29) is 17.5 Å². The van der Waals surface area contributed by atoms with Gasteiger partial charge in [0.25, 0.3) is 6.20 Å². The molecule has 26 heavy (non-hydrogen) atoms. The Hall–Kier alpha value is -2.77. The number of unbranched alkanes of at least 4 members (excludes halogenated alkanes) is 3. The van der Waals surface area contributed by atoms with Crippen molar-refractivity contribution in [2.75, 3.05) is 0 Å². The summed E-state index contributed by atoms with van der Waals surface area (Å²) in [6, 6.07) is 1.28. The average Bonchev–Trinajstić information content (AvgIpc) is 2.58. The topological polar surface area (TPSA) is 111 Å². The minimum atomic E-state index is -1.46. The molecule has 1 heterocycles. The summed E-state index contributed by atoms with van der Waals surface area (Å²) in [6.45, 7) is 5.56. The van der Waals surface area contributed by atoms with Gasteiger partial charge in [0.15, 0.2) is 0 Å². The number of carbonyl (C=O) groups excluding carboxylic acids is 1. The van der Waals surface area contributed by atoms with Crippen LogP contribution in [0.4, 0.5) is 10.5 Å². The van der Waals surface area contributed by atoms with Crippen LogP contribution in [-0.4, -0.2) is 22.1 Å². The Labute approximate surface area is 152 Å². The normalized spacial score (nSPS) is 12.1. The maximum Gasteiger partial charge on any atom is 0.602 e. The molecule has 1 aromatic rings. The highest BCUT2D eigenvalue weighted by Crippen LogP contribution is 2.31. The van der Waals surface area contributed by atoms with E-state index in [0.717, 1.165) is 38.0 Å². The molecule has 0 bridgehead atoms. The van der Waals surface area contributed by atoms with E-state index in [1.165, 1.54) is 12.1 Å². The Morgan fingerprint density at radius 1 is 1.38 bits per heavy atom. The van der Waals surface area contributed by atoms with Gasteiger partial charge in [0.2, 0.25) is 0 Å². The van der Waals surface area contributed by atoms with Gasteiger partial charge in [0, 0.05) is 12.1 Å². The summed E-state index contributed by atoms with van der Waals surface area (Å²) in [5.74, 6) is -1.14. The summed E-state index contributed by atoms with van der Waals surface area (Å²) in [7, 11) is 0. The Kier molecular flexibility index (Phi) is 8.41. The van der Waals surface area contributed by atoms with Crippen molar-refractivity contribution in [1.82, 2.24) is 0 Å². The van der Waals surface area contributed by atoms with Gasteiger partial charge < -0.3 is 9.84 Å². The molecule has 8 heteroatoms. The van der Waals surface area contributed by atoms with E-state index in [2.05, 4.69) is 6.92 Å². The number of carboxylic acid groups (broad SMARTS) is 1. The molecule has 0 fully saturated rings. The van der Waals surface area contributed by atoms with Crippen molar-refractivity contribution in [2.24, 2.45) is 0 Å². The lowest BCUT2D eigenvalue weighted by Gasteiger charge is -2.13. The third-order valence-electron chi connectivity index (χ3n) is 3.97. The lowest BCUT2D eigenvalue weighted by molar-refractivity contribution is -0.594. The zero-order valence-electron chi connectivity index (χ0n) is 15.3. The molecule has 1 unspecified atom stereocenters. The molecule has 0 aliphatic heterocycles. The predicted octanol–water partition coefficient (Wildman–Crippen LogP) is 3.96. The fraction of sp³-hybridized carbons (Fsp3) is 0.500. The lowest BCUT2D eigenvalue weighted by atomic mass is 9.95. The number of ether oxygens (including phenoxy) is 1. The molecule has 0 amide bonds. The second kappa shape index (κ2) is 10.3. The first-order valence-electron chi connectivity index (χ1n) is 8.63. The first kappa shape index (κ1) is 21.3. The number of carbonyl (C=O) groups is 2. The number of allylic oxidation sites excluding steroid dienone is 1. The number of rotatable bonds is 9. The van der Waals surface area contributed by atoms with E-state index in [1.54, 1.807) is 6.92 Å². The predicted molar refractivity (Wildman–Crippen MR) is 94.3 cm³/mol. The summed E-state index contributed by atoms with van der Waals surface area (Å²) in [5, 5.41) is 20.6. The SMILES string of the molecule is C/C=C/C(=O)Oc1c(C(C)CCCCCC)cc([N+](=O)[O-])c[n+]1C(=O)O. The molecule has 1 N–H and O–H groups in total. The molecule has 142 valence electrons. The Morgan fingerprint density at radius 2 is 2.08 bits per heavy atom. The monoisotopic (exact) mass is 365 g/mol. The van der Waals surface area contributed by atoms with Gasteiger partial charge in [0.05, 0.1) is 10.5 Å². The van der Waals surface area contributed by atoms with Crippen LogP contribution in [0.1, 0.15) is 64.4 Å². The maximum absolute atomic E-state index is 11.8. The Balaban J connectivity index is 3.33. The number of aromatic nitrogens is 1. The minimum Gasteiger partial charge on any atom is -0.427 e. The van der Waals surface area contributed by atoms with E-state index < -0.39 is 17.0 Å². The van der Waals surface area contributed by atoms with E-state index >= 15 is 0 Å². The molecule has 0 saturated carbocycles. The highest BCUT2D eigenvalue weighted by Gasteiger charge is 2.33. The molecule has 1 rings (SSSR count). The summed E-state index contributed by atoms with van der Waals surface area (Å²) in [5.41, 5.74) is -0.0374. The largest absolute Gasteiger partial charge is 0.602 e. The van der Waals surface area contributed by atoms with Crippen molar-refractivity contribution in [2.45, 2.75) is 58.8 Å². The van der Waals surface area contributed by atoms with Crippen molar-refractivity contribution in [3.8, 4) is 5.88 Å². The Morgan fingerprint density at radius 3 is 2.62 bits per heavy atom. The summed E-state index contributed by atoms with van der Waals surface area (Å²) >= 11 is 0. The zero-order valence-corrected chi connectivity index (χ0v) is 15.3.